The Kier molecular flexibility index (Phi) is 5.23. The zero-order chi connectivity index (χ0) is 19.3. The highest BCUT2D eigenvalue weighted by molar-refractivity contribution is 5.60. The largest absolute Gasteiger partial charge is 0.378 e. The first-order valence-electron chi connectivity index (χ1n) is 9.48. The first-order chi connectivity index (χ1) is 13.7. The van der Waals surface area contributed by atoms with Crippen molar-refractivity contribution in [2.45, 2.75) is 0 Å². The van der Waals surface area contributed by atoms with Gasteiger partial charge in [-0.3, -0.25) is 0 Å². The van der Waals surface area contributed by atoms with Crippen LogP contribution in [0.5, 0.6) is 0 Å². The van der Waals surface area contributed by atoms with Crippen LogP contribution >= 0.6 is 0 Å². The van der Waals surface area contributed by atoms with Crippen LogP contribution in [0.2, 0.25) is 0 Å². The minimum absolute atomic E-state index is 0.669. The average Bonchev–Trinajstić information content (AvgIpc) is 2.75. The lowest BCUT2D eigenvalue weighted by molar-refractivity contribution is 0.635. The van der Waals surface area contributed by atoms with E-state index < -0.39 is 0 Å². The maximum absolute atomic E-state index is 4.66. The van der Waals surface area contributed by atoms with Crippen LogP contribution in [0.3, 0.4) is 0 Å². The number of aromatic nitrogens is 3. The number of nitrogens with zero attached hydrogens (tertiary/aromatic N) is 6. The molecule has 0 unspecified atom stereocenters. The zero-order valence-corrected chi connectivity index (χ0v) is 16.3. The lowest BCUT2D eigenvalue weighted by Gasteiger charge is -2.35. The van der Waals surface area contributed by atoms with Crippen molar-refractivity contribution in [2.75, 3.05) is 60.3 Å². The molecule has 0 saturated carbocycles. The Bertz CT molecular complexity index is 888. The van der Waals surface area contributed by atoms with E-state index in [1.165, 1.54) is 5.69 Å². The summed E-state index contributed by atoms with van der Waals surface area (Å²) in [7, 11) is 4.06. The molecule has 0 atom stereocenters. The second kappa shape index (κ2) is 8.12. The SMILES string of the molecule is CN(C)c1ccc(Nc2cnnc(N3CCN(c4ccccc4)CC3)n2)cc1. The first kappa shape index (κ1) is 18.0. The Morgan fingerprint density at radius 1 is 0.857 bits per heavy atom. The monoisotopic (exact) mass is 375 g/mol. The fourth-order valence-electron chi connectivity index (χ4n) is 3.28. The second-order valence-electron chi connectivity index (χ2n) is 7.02. The molecule has 1 aromatic heterocycles. The van der Waals surface area contributed by atoms with E-state index >= 15 is 0 Å². The van der Waals surface area contributed by atoms with Gasteiger partial charge in [-0.05, 0) is 36.4 Å². The van der Waals surface area contributed by atoms with Crippen LogP contribution in [0.15, 0.2) is 60.8 Å². The molecule has 2 aromatic carbocycles. The number of rotatable bonds is 5. The summed E-state index contributed by atoms with van der Waals surface area (Å²) in [6, 6.07) is 18.7. The molecule has 0 aliphatic carbocycles. The summed E-state index contributed by atoms with van der Waals surface area (Å²) in [5.41, 5.74) is 3.40. The van der Waals surface area contributed by atoms with Crippen molar-refractivity contribution in [3.05, 3.63) is 60.8 Å². The Morgan fingerprint density at radius 2 is 1.54 bits per heavy atom. The van der Waals surface area contributed by atoms with Gasteiger partial charge in [0, 0.05) is 57.3 Å². The first-order valence-corrected chi connectivity index (χ1v) is 9.48. The highest BCUT2D eigenvalue weighted by Gasteiger charge is 2.19. The Labute approximate surface area is 165 Å². The summed E-state index contributed by atoms with van der Waals surface area (Å²) in [6.45, 7) is 3.63. The van der Waals surface area contributed by atoms with Gasteiger partial charge in [0.15, 0.2) is 5.82 Å². The van der Waals surface area contributed by atoms with E-state index in [0.29, 0.717) is 11.8 Å². The molecule has 1 saturated heterocycles. The van der Waals surface area contributed by atoms with E-state index in [2.05, 4.69) is 71.6 Å². The zero-order valence-electron chi connectivity index (χ0n) is 16.3. The van der Waals surface area contributed by atoms with E-state index in [-0.39, 0.29) is 0 Å². The molecule has 4 rings (SSSR count). The molecule has 0 bridgehead atoms. The van der Waals surface area contributed by atoms with Crippen molar-refractivity contribution in [2.24, 2.45) is 0 Å². The van der Waals surface area contributed by atoms with Gasteiger partial charge in [-0.2, -0.15) is 10.1 Å². The molecule has 1 fully saturated rings. The molecular weight excluding hydrogens is 350 g/mol. The number of piperazine rings is 1. The predicted molar refractivity (Wildman–Crippen MR) is 115 cm³/mol. The molecule has 7 heteroatoms. The fraction of sp³-hybridized carbons (Fsp3) is 0.286. The van der Waals surface area contributed by atoms with Crippen molar-refractivity contribution >= 4 is 28.8 Å². The van der Waals surface area contributed by atoms with Crippen LogP contribution in [0.25, 0.3) is 0 Å². The Hall–Kier alpha value is -3.35. The van der Waals surface area contributed by atoms with Gasteiger partial charge < -0.3 is 20.0 Å². The van der Waals surface area contributed by atoms with Crippen molar-refractivity contribution in [1.82, 2.24) is 15.2 Å². The molecule has 144 valence electrons. The van der Waals surface area contributed by atoms with Crippen LogP contribution < -0.4 is 20.0 Å². The maximum Gasteiger partial charge on any atom is 0.247 e. The molecule has 1 N–H and O–H groups in total. The number of anilines is 5. The van der Waals surface area contributed by atoms with Crippen LogP contribution in [0.4, 0.5) is 28.8 Å². The van der Waals surface area contributed by atoms with Crippen LogP contribution in [-0.4, -0.2) is 55.5 Å². The van der Waals surface area contributed by atoms with E-state index in [4.69, 9.17) is 0 Å². The molecule has 28 heavy (non-hydrogen) atoms. The molecule has 1 aliphatic rings. The Morgan fingerprint density at radius 3 is 2.21 bits per heavy atom. The molecule has 2 heterocycles. The summed E-state index contributed by atoms with van der Waals surface area (Å²) >= 11 is 0. The summed E-state index contributed by atoms with van der Waals surface area (Å²) in [4.78, 5) is 11.3. The molecule has 3 aromatic rings. The summed E-state index contributed by atoms with van der Waals surface area (Å²) in [5, 5.41) is 11.7. The molecule has 0 amide bonds. The third-order valence-corrected chi connectivity index (χ3v) is 4.89. The summed E-state index contributed by atoms with van der Waals surface area (Å²) in [6.07, 6.45) is 1.66. The third-order valence-electron chi connectivity index (χ3n) is 4.89. The third kappa shape index (κ3) is 4.14. The summed E-state index contributed by atoms with van der Waals surface area (Å²) in [5.74, 6) is 1.37. The van der Waals surface area contributed by atoms with Gasteiger partial charge in [0.2, 0.25) is 5.95 Å². The molecule has 1 aliphatic heterocycles. The second-order valence-corrected chi connectivity index (χ2v) is 7.02. The van der Waals surface area contributed by atoms with Crippen molar-refractivity contribution in [1.29, 1.82) is 0 Å². The van der Waals surface area contributed by atoms with Gasteiger partial charge in [-0.1, -0.05) is 18.2 Å². The molecule has 0 radical (unpaired) electrons. The van der Waals surface area contributed by atoms with Gasteiger partial charge in [0.25, 0.3) is 0 Å². The topological polar surface area (TPSA) is 60.4 Å². The van der Waals surface area contributed by atoms with Crippen LogP contribution in [0.1, 0.15) is 0 Å². The van der Waals surface area contributed by atoms with Crippen molar-refractivity contribution in [3.8, 4) is 0 Å². The number of nitrogens with one attached hydrogen (secondary N) is 1. The van der Waals surface area contributed by atoms with E-state index in [0.717, 1.165) is 37.6 Å². The van der Waals surface area contributed by atoms with Crippen LogP contribution in [-0.2, 0) is 0 Å². The average molecular weight is 375 g/mol. The number of para-hydroxylation sites is 1. The lowest BCUT2D eigenvalue weighted by atomic mass is 10.2. The molecule has 7 nitrogen and oxygen atoms in total. The fourth-order valence-corrected chi connectivity index (χ4v) is 3.28. The van der Waals surface area contributed by atoms with Gasteiger partial charge >= 0.3 is 0 Å². The van der Waals surface area contributed by atoms with E-state index in [1.807, 2.05) is 32.3 Å². The highest BCUT2D eigenvalue weighted by atomic mass is 15.4. The van der Waals surface area contributed by atoms with Crippen molar-refractivity contribution < 1.29 is 0 Å². The standard InChI is InChI=1S/C21H25N7/c1-26(2)18-10-8-17(9-11-18)23-20-16-22-25-21(24-20)28-14-12-27(13-15-28)19-6-4-3-5-7-19/h3-11,16H,12-15H2,1-2H3,(H,23,24,25). The smallest absolute Gasteiger partial charge is 0.247 e. The maximum atomic E-state index is 4.66. The molecular formula is C21H25N7. The van der Waals surface area contributed by atoms with Gasteiger partial charge in [-0.25, -0.2) is 0 Å². The van der Waals surface area contributed by atoms with E-state index in [9.17, 15) is 0 Å². The Balaban J connectivity index is 1.40. The number of hydrogen-bond acceptors (Lipinski definition) is 7. The van der Waals surface area contributed by atoms with Gasteiger partial charge in [0.05, 0.1) is 6.20 Å². The lowest BCUT2D eigenvalue weighted by Crippen LogP contribution is -2.47. The van der Waals surface area contributed by atoms with Gasteiger partial charge in [0.1, 0.15) is 0 Å². The minimum Gasteiger partial charge on any atom is -0.378 e. The predicted octanol–water partition coefficient (Wildman–Crippen LogP) is 3.01. The van der Waals surface area contributed by atoms with Crippen molar-refractivity contribution in [3.63, 3.8) is 0 Å². The number of benzene rings is 2. The number of hydrogen-bond donors (Lipinski definition) is 1. The summed E-state index contributed by atoms with van der Waals surface area (Å²) < 4.78 is 0. The quantitative estimate of drug-likeness (QED) is 0.735. The van der Waals surface area contributed by atoms with Crippen LogP contribution in [0, 0.1) is 0 Å². The van der Waals surface area contributed by atoms with E-state index in [1.54, 1.807) is 6.20 Å². The van der Waals surface area contributed by atoms with Gasteiger partial charge in [-0.15, -0.1) is 5.10 Å². The highest BCUT2D eigenvalue weighted by Crippen LogP contribution is 2.21. The minimum atomic E-state index is 0.669. The molecule has 0 spiro atoms. The normalized spacial score (nSPS) is 14.1.